The molecule has 1 aliphatic heterocycles. The first-order valence-electron chi connectivity index (χ1n) is 9.86. The van der Waals surface area contributed by atoms with E-state index in [9.17, 15) is 4.79 Å². The Hall–Kier alpha value is -2.41. The Morgan fingerprint density at radius 3 is 2.57 bits per heavy atom. The minimum atomic E-state index is 0.251. The fraction of sp³-hybridized carbons (Fsp3) is 0.571. The van der Waals surface area contributed by atoms with E-state index in [1.807, 2.05) is 11.8 Å². The zero-order valence-electron chi connectivity index (χ0n) is 17.4. The van der Waals surface area contributed by atoms with Gasteiger partial charge < -0.3 is 19.9 Å². The normalized spacial score (nSPS) is 21.1. The molecule has 7 heteroatoms. The maximum absolute atomic E-state index is 11.2. The summed E-state index contributed by atoms with van der Waals surface area (Å²) in [6, 6.07) is 0.580. The van der Waals surface area contributed by atoms with Gasteiger partial charge in [0.05, 0.1) is 5.39 Å². The number of amides is 1. The maximum Gasteiger partial charge on any atom is 0.210 e. The molecule has 2 aromatic heterocycles. The number of allylic oxidation sites excluding steroid dienone is 1. The molecule has 7 nitrogen and oxygen atoms in total. The summed E-state index contributed by atoms with van der Waals surface area (Å²) in [4.78, 5) is 25.1. The van der Waals surface area contributed by atoms with Crippen LogP contribution in [0.5, 0.6) is 0 Å². The van der Waals surface area contributed by atoms with E-state index < -0.39 is 0 Å². The average Bonchev–Trinajstić information content (AvgIpc) is 3.43. The highest BCUT2D eigenvalue weighted by molar-refractivity contribution is 5.91. The number of likely N-dealkylation sites (tertiary alicyclic amines) is 1. The molecular formula is C21H33N5O2. The van der Waals surface area contributed by atoms with E-state index in [0.29, 0.717) is 12.0 Å². The highest BCUT2D eigenvalue weighted by atomic mass is 16.4. The van der Waals surface area contributed by atoms with Crippen molar-refractivity contribution in [2.75, 3.05) is 26.1 Å². The zero-order chi connectivity index (χ0) is 20.5. The van der Waals surface area contributed by atoms with Crippen LogP contribution in [0.15, 0.2) is 25.2 Å². The zero-order valence-corrected chi connectivity index (χ0v) is 17.4. The lowest BCUT2D eigenvalue weighted by Gasteiger charge is -2.36. The van der Waals surface area contributed by atoms with E-state index in [1.165, 1.54) is 18.4 Å². The van der Waals surface area contributed by atoms with Crippen molar-refractivity contribution in [2.45, 2.75) is 57.5 Å². The number of hydrogen-bond acceptors (Lipinski definition) is 5. The number of ether oxygens (including phenoxy) is 1. The molecular weight excluding hydrogens is 354 g/mol. The molecule has 2 atom stereocenters. The summed E-state index contributed by atoms with van der Waals surface area (Å²) >= 11 is 0. The van der Waals surface area contributed by atoms with Gasteiger partial charge in [0.2, 0.25) is 6.41 Å². The van der Waals surface area contributed by atoms with Crippen molar-refractivity contribution in [1.29, 1.82) is 0 Å². The van der Waals surface area contributed by atoms with E-state index in [0.717, 1.165) is 42.6 Å². The third-order valence-electron chi connectivity index (χ3n) is 4.92. The number of rotatable bonds is 4. The van der Waals surface area contributed by atoms with Gasteiger partial charge in [0.25, 0.3) is 0 Å². The van der Waals surface area contributed by atoms with Gasteiger partial charge in [-0.3, -0.25) is 4.79 Å². The predicted molar refractivity (Wildman–Crippen MR) is 114 cm³/mol. The van der Waals surface area contributed by atoms with Crippen molar-refractivity contribution < 1.29 is 9.53 Å². The van der Waals surface area contributed by atoms with Crippen LogP contribution in [0.2, 0.25) is 0 Å². The number of H-pyrrole nitrogens is 1. The summed E-state index contributed by atoms with van der Waals surface area (Å²) < 4.78 is 4.25. The van der Waals surface area contributed by atoms with Gasteiger partial charge in [-0.25, -0.2) is 9.97 Å². The number of nitrogens with zero attached hydrogens (tertiary/aromatic N) is 3. The number of aromatic nitrogens is 3. The lowest BCUT2D eigenvalue weighted by Crippen LogP contribution is -2.46. The standard InChI is InChI=1S/C16H21N5O.C3H6.C2H6O/c1-10-2-5-12(7-21(10)9-22)20-16-14-13(11-3-4-11)6-17-15(14)18-8-19-16;2*1-3-2/h6,8-12H,2-5,7H2,1H3,(H2,17,18,19,20);3H,1H2,2H3;1-2H3. The Labute approximate surface area is 167 Å². The highest BCUT2D eigenvalue weighted by Crippen LogP contribution is 2.44. The minimum absolute atomic E-state index is 0.251. The van der Waals surface area contributed by atoms with Crippen LogP contribution in [-0.4, -0.2) is 59.1 Å². The van der Waals surface area contributed by atoms with Gasteiger partial charge >= 0.3 is 0 Å². The number of hydrogen-bond donors (Lipinski definition) is 2. The first-order valence-corrected chi connectivity index (χ1v) is 9.86. The minimum Gasteiger partial charge on any atom is -0.388 e. The molecule has 154 valence electrons. The molecule has 28 heavy (non-hydrogen) atoms. The second-order valence-corrected chi connectivity index (χ2v) is 7.35. The van der Waals surface area contributed by atoms with E-state index in [2.05, 4.69) is 44.7 Å². The second-order valence-electron chi connectivity index (χ2n) is 7.35. The molecule has 2 N–H and O–H groups in total. The Morgan fingerprint density at radius 1 is 1.29 bits per heavy atom. The Morgan fingerprint density at radius 2 is 1.96 bits per heavy atom. The summed E-state index contributed by atoms with van der Waals surface area (Å²) in [5.41, 5.74) is 2.23. The van der Waals surface area contributed by atoms with Gasteiger partial charge in [0, 0.05) is 39.0 Å². The van der Waals surface area contributed by atoms with E-state index in [-0.39, 0.29) is 6.04 Å². The molecule has 3 heterocycles. The lowest BCUT2D eigenvalue weighted by molar-refractivity contribution is -0.121. The molecule has 2 fully saturated rings. The average molecular weight is 388 g/mol. The van der Waals surface area contributed by atoms with Gasteiger partial charge in [-0.15, -0.1) is 6.58 Å². The summed E-state index contributed by atoms with van der Waals surface area (Å²) in [6.07, 6.45) is 11.0. The Balaban J connectivity index is 0.000000418. The van der Waals surface area contributed by atoms with E-state index in [1.54, 1.807) is 26.6 Å². The SMILES string of the molecule is C=CC.CC1CCC(Nc2ncnc3[nH]cc(C4CC4)c23)CN1C=O.COC. The van der Waals surface area contributed by atoms with Crippen molar-refractivity contribution in [3.63, 3.8) is 0 Å². The summed E-state index contributed by atoms with van der Waals surface area (Å²) in [5.74, 6) is 1.55. The number of fused-ring (bicyclic) bond motifs is 1. The van der Waals surface area contributed by atoms with Gasteiger partial charge in [-0.05, 0) is 51.0 Å². The molecule has 1 saturated carbocycles. The first-order chi connectivity index (χ1) is 13.6. The largest absolute Gasteiger partial charge is 0.388 e. The fourth-order valence-electron chi connectivity index (χ4n) is 3.40. The van der Waals surface area contributed by atoms with Crippen LogP contribution in [0.3, 0.4) is 0 Å². The van der Waals surface area contributed by atoms with Crippen molar-refractivity contribution in [3.05, 3.63) is 30.7 Å². The highest BCUT2D eigenvalue weighted by Gasteiger charge is 2.29. The molecule has 2 aliphatic rings. The molecule has 1 aliphatic carbocycles. The second kappa shape index (κ2) is 10.8. The van der Waals surface area contributed by atoms with Gasteiger partial charge in [0.15, 0.2) is 0 Å². The van der Waals surface area contributed by atoms with E-state index in [4.69, 9.17) is 0 Å². The van der Waals surface area contributed by atoms with Gasteiger partial charge in [-0.1, -0.05) is 6.08 Å². The van der Waals surface area contributed by atoms with Gasteiger partial charge in [-0.2, -0.15) is 0 Å². The monoisotopic (exact) mass is 387 g/mol. The topological polar surface area (TPSA) is 83.1 Å². The number of carbonyl (C=O) groups is 1. The summed E-state index contributed by atoms with van der Waals surface area (Å²) in [7, 11) is 3.25. The molecule has 1 amide bonds. The van der Waals surface area contributed by atoms with Crippen LogP contribution >= 0.6 is 0 Å². The molecule has 0 spiro atoms. The van der Waals surface area contributed by atoms with Crippen LogP contribution in [0.25, 0.3) is 11.0 Å². The molecule has 0 radical (unpaired) electrons. The molecule has 1 saturated heterocycles. The molecule has 2 aromatic rings. The predicted octanol–water partition coefficient (Wildman–Crippen LogP) is 3.71. The number of piperidine rings is 1. The molecule has 2 unspecified atom stereocenters. The smallest absolute Gasteiger partial charge is 0.210 e. The van der Waals surface area contributed by atoms with Crippen molar-refractivity contribution in [2.24, 2.45) is 0 Å². The Bertz CT molecular complexity index is 756. The van der Waals surface area contributed by atoms with E-state index >= 15 is 0 Å². The summed E-state index contributed by atoms with van der Waals surface area (Å²) in [6.45, 7) is 8.09. The number of aromatic amines is 1. The maximum atomic E-state index is 11.2. The quantitative estimate of drug-likeness (QED) is 0.617. The number of anilines is 1. The molecule has 0 bridgehead atoms. The van der Waals surface area contributed by atoms with Crippen molar-refractivity contribution >= 4 is 23.3 Å². The molecule has 0 aromatic carbocycles. The third kappa shape index (κ3) is 5.55. The van der Waals surface area contributed by atoms with Crippen LogP contribution < -0.4 is 5.32 Å². The van der Waals surface area contributed by atoms with Crippen molar-refractivity contribution in [1.82, 2.24) is 19.9 Å². The third-order valence-corrected chi connectivity index (χ3v) is 4.92. The number of nitrogens with one attached hydrogen (secondary N) is 2. The van der Waals surface area contributed by atoms with Crippen LogP contribution in [0, 0.1) is 0 Å². The summed E-state index contributed by atoms with van der Waals surface area (Å²) in [5, 5.41) is 4.67. The fourth-order valence-corrected chi connectivity index (χ4v) is 3.40. The number of methoxy groups -OCH3 is 1. The van der Waals surface area contributed by atoms with Crippen LogP contribution in [-0.2, 0) is 9.53 Å². The molecule has 4 rings (SSSR count). The van der Waals surface area contributed by atoms with Crippen LogP contribution in [0.1, 0.15) is 51.0 Å². The first kappa shape index (κ1) is 21.9. The lowest BCUT2D eigenvalue weighted by atomic mass is 10.00. The van der Waals surface area contributed by atoms with Crippen molar-refractivity contribution in [3.8, 4) is 0 Å². The number of carbonyl (C=O) groups excluding carboxylic acids is 1. The van der Waals surface area contributed by atoms with Gasteiger partial charge in [0.1, 0.15) is 17.8 Å². The van der Waals surface area contributed by atoms with Crippen LogP contribution in [0.4, 0.5) is 5.82 Å². The Kier molecular flexibility index (Phi) is 8.44.